The van der Waals surface area contributed by atoms with Gasteiger partial charge in [-0.2, -0.15) is 0 Å². The fraction of sp³-hybridized carbons (Fsp3) is 0.966. The van der Waals surface area contributed by atoms with Crippen molar-refractivity contribution in [3.63, 3.8) is 0 Å². The van der Waals surface area contributed by atoms with Gasteiger partial charge in [-0.25, -0.2) is 8.78 Å². The van der Waals surface area contributed by atoms with Crippen molar-refractivity contribution < 1.29 is 23.4 Å². The number of fused-ring (bicyclic) bond motifs is 5. The number of halogens is 2. The van der Waals surface area contributed by atoms with Crippen molar-refractivity contribution in [3.05, 3.63) is 0 Å². The lowest BCUT2D eigenvalue weighted by molar-refractivity contribution is -0.169. The monoisotopic (exact) mass is 482 g/mol. The predicted octanol–water partition coefficient (Wildman–Crippen LogP) is 7.40. The van der Waals surface area contributed by atoms with Crippen LogP contribution in [0.4, 0.5) is 8.78 Å². The third-order valence-electron chi connectivity index (χ3n) is 11.5. The van der Waals surface area contributed by atoms with Gasteiger partial charge >= 0.3 is 5.97 Å². The number of carbonyl (C=O) groups excluding carboxylic acids is 1. The molecule has 34 heavy (non-hydrogen) atoms. The average Bonchev–Trinajstić information content (AvgIpc) is 3.08. The quantitative estimate of drug-likeness (QED) is 0.401. The van der Waals surface area contributed by atoms with Gasteiger partial charge in [-0.15, -0.1) is 0 Å². The summed E-state index contributed by atoms with van der Waals surface area (Å²) in [6.45, 7) is 11.2. The van der Waals surface area contributed by atoms with Gasteiger partial charge in [0.05, 0.1) is 0 Å². The number of esters is 1. The molecule has 4 rings (SSSR count). The highest BCUT2D eigenvalue weighted by atomic mass is 19.3. The van der Waals surface area contributed by atoms with Gasteiger partial charge in [-0.3, -0.25) is 4.79 Å². The summed E-state index contributed by atoms with van der Waals surface area (Å²) in [4.78, 5) is 11.5. The van der Waals surface area contributed by atoms with Crippen LogP contribution in [0.25, 0.3) is 0 Å². The van der Waals surface area contributed by atoms with Crippen LogP contribution in [-0.2, 0) is 9.53 Å². The molecule has 4 aliphatic rings. The molecule has 0 unspecified atom stereocenters. The van der Waals surface area contributed by atoms with E-state index in [1.54, 1.807) is 0 Å². The second-order valence-electron chi connectivity index (χ2n) is 13.7. The highest BCUT2D eigenvalue weighted by Gasteiger charge is 2.61. The summed E-state index contributed by atoms with van der Waals surface area (Å²) in [5.41, 5.74) is -1.36. The highest BCUT2D eigenvalue weighted by Crippen LogP contribution is 2.68. The Bertz CT molecular complexity index is 761. The van der Waals surface area contributed by atoms with Crippen LogP contribution < -0.4 is 0 Å². The van der Waals surface area contributed by atoms with Crippen molar-refractivity contribution in [2.75, 3.05) is 0 Å². The standard InChI is InChI=1S/C29H48F2O3/c1-18(11-16-29(30,31)26(3,4)33)23-9-10-24-22-8-7-20-17-21(34-19(2)32)12-14-27(20,5)25(22)13-15-28(23,24)6/h18,20-25,33H,7-17H2,1-6H3/t18-,20+,21+,22+,23-,24+,25+,27+,28-/m1/s1. The Hall–Kier alpha value is -0.710. The fourth-order valence-corrected chi connectivity index (χ4v) is 9.45. The molecule has 4 saturated carbocycles. The number of ether oxygens (including phenoxy) is 1. The molecular formula is C29H48F2O3. The molecule has 0 spiro atoms. The number of carbonyl (C=O) groups is 1. The van der Waals surface area contributed by atoms with Gasteiger partial charge in [0.25, 0.3) is 5.92 Å². The minimum absolute atomic E-state index is 0.0970. The van der Waals surface area contributed by atoms with Gasteiger partial charge in [-0.1, -0.05) is 20.8 Å². The molecule has 0 bridgehead atoms. The minimum atomic E-state index is -3.05. The van der Waals surface area contributed by atoms with Gasteiger partial charge < -0.3 is 9.84 Å². The number of rotatable bonds is 6. The maximum atomic E-state index is 14.4. The van der Waals surface area contributed by atoms with Crippen LogP contribution in [0.2, 0.25) is 0 Å². The van der Waals surface area contributed by atoms with Crippen molar-refractivity contribution in [1.82, 2.24) is 0 Å². The largest absolute Gasteiger partial charge is 0.463 e. The predicted molar refractivity (Wildman–Crippen MR) is 130 cm³/mol. The minimum Gasteiger partial charge on any atom is -0.463 e. The van der Waals surface area contributed by atoms with Crippen molar-refractivity contribution >= 4 is 5.97 Å². The summed E-state index contributed by atoms with van der Waals surface area (Å²) < 4.78 is 34.5. The molecule has 0 heterocycles. The zero-order valence-corrected chi connectivity index (χ0v) is 22.3. The highest BCUT2D eigenvalue weighted by molar-refractivity contribution is 5.66. The Balaban J connectivity index is 1.43. The molecule has 9 atom stereocenters. The van der Waals surface area contributed by atoms with Gasteiger partial charge in [-0.05, 0) is 124 Å². The summed E-state index contributed by atoms with van der Waals surface area (Å²) >= 11 is 0. The van der Waals surface area contributed by atoms with Crippen LogP contribution in [0.3, 0.4) is 0 Å². The first-order valence-corrected chi connectivity index (χ1v) is 14.0. The number of hydrogen-bond acceptors (Lipinski definition) is 3. The van der Waals surface area contributed by atoms with E-state index in [0.29, 0.717) is 29.6 Å². The average molecular weight is 483 g/mol. The first-order valence-electron chi connectivity index (χ1n) is 14.0. The molecule has 0 aromatic heterocycles. The Labute approximate surface area is 205 Å². The van der Waals surface area contributed by atoms with E-state index in [4.69, 9.17) is 4.74 Å². The van der Waals surface area contributed by atoms with E-state index >= 15 is 0 Å². The topological polar surface area (TPSA) is 46.5 Å². The molecular weight excluding hydrogens is 434 g/mol. The number of hydrogen-bond donors (Lipinski definition) is 1. The molecule has 0 saturated heterocycles. The molecule has 5 heteroatoms. The molecule has 0 aromatic rings. The second-order valence-corrected chi connectivity index (χ2v) is 13.7. The third-order valence-corrected chi connectivity index (χ3v) is 11.5. The van der Waals surface area contributed by atoms with Crippen LogP contribution in [0.5, 0.6) is 0 Å². The molecule has 0 radical (unpaired) electrons. The van der Waals surface area contributed by atoms with Gasteiger partial charge in [0.15, 0.2) is 0 Å². The molecule has 3 nitrogen and oxygen atoms in total. The van der Waals surface area contributed by atoms with Crippen molar-refractivity contribution in [2.45, 2.75) is 130 Å². The van der Waals surface area contributed by atoms with E-state index in [0.717, 1.165) is 37.5 Å². The summed E-state index contributed by atoms with van der Waals surface area (Å²) in [6.07, 6.45) is 10.9. The summed E-state index contributed by atoms with van der Waals surface area (Å²) in [5.74, 6) is 0.412. The van der Waals surface area contributed by atoms with Crippen molar-refractivity contribution in [2.24, 2.45) is 46.3 Å². The van der Waals surface area contributed by atoms with E-state index in [1.807, 2.05) is 0 Å². The third kappa shape index (κ3) is 4.45. The normalized spacial score (nSPS) is 43.4. The number of aliphatic hydroxyl groups is 1. The van der Waals surface area contributed by atoms with Crippen molar-refractivity contribution in [3.8, 4) is 0 Å². The number of alkyl halides is 2. The Morgan fingerprint density at radius 3 is 2.32 bits per heavy atom. The Kier molecular flexibility index (Phi) is 6.97. The van der Waals surface area contributed by atoms with Gasteiger partial charge in [0, 0.05) is 13.3 Å². The lowest BCUT2D eigenvalue weighted by Gasteiger charge is -2.61. The van der Waals surface area contributed by atoms with Crippen molar-refractivity contribution in [1.29, 1.82) is 0 Å². The lowest BCUT2D eigenvalue weighted by Crippen LogP contribution is -2.54. The molecule has 0 aromatic carbocycles. The Morgan fingerprint density at radius 1 is 1.03 bits per heavy atom. The van der Waals surface area contributed by atoms with E-state index in [9.17, 15) is 18.7 Å². The lowest BCUT2D eigenvalue weighted by atomic mass is 9.44. The second kappa shape index (κ2) is 8.99. The van der Waals surface area contributed by atoms with E-state index < -0.39 is 11.5 Å². The van der Waals surface area contributed by atoms with Gasteiger partial charge in [0.2, 0.25) is 0 Å². The van der Waals surface area contributed by atoms with E-state index in [-0.39, 0.29) is 29.8 Å². The summed E-state index contributed by atoms with van der Waals surface area (Å²) in [7, 11) is 0. The van der Waals surface area contributed by atoms with Crippen LogP contribution in [0.1, 0.15) is 112 Å². The van der Waals surface area contributed by atoms with Gasteiger partial charge in [0.1, 0.15) is 11.7 Å². The molecule has 196 valence electrons. The van der Waals surface area contributed by atoms with E-state index in [2.05, 4.69) is 20.8 Å². The van der Waals surface area contributed by atoms with Crippen LogP contribution in [0, 0.1) is 46.3 Å². The van der Waals surface area contributed by atoms with Crippen LogP contribution in [0.15, 0.2) is 0 Å². The summed E-state index contributed by atoms with van der Waals surface area (Å²) in [5, 5.41) is 9.89. The molecule has 0 aliphatic heterocycles. The zero-order chi connectivity index (χ0) is 25.1. The SMILES string of the molecule is CC(=O)O[C@H]1CC[C@@]2(C)[C@@H](CC[C@@H]3[C@@H]2CC[C@]2(C)[C@@H]([C@H](C)CCC(F)(F)C(C)(C)O)CC[C@@H]32)C1. The first-order chi connectivity index (χ1) is 15.7. The Morgan fingerprint density at radius 2 is 1.68 bits per heavy atom. The molecule has 1 N–H and O–H groups in total. The first kappa shape index (κ1) is 26.4. The zero-order valence-electron chi connectivity index (χ0n) is 22.3. The maximum absolute atomic E-state index is 14.4. The fourth-order valence-electron chi connectivity index (χ4n) is 9.45. The molecule has 0 amide bonds. The molecule has 4 fully saturated rings. The van der Waals surface area contributed by atoms with E-state index in [1.165, 1.54) is 52.9 Å². The molecule has 4 aliphatic carbocycles. The summed E-state index contributed by atoms with van der Waals surface area (Å²) in [6, 6.07) is 0. The smallest absolute Gasteiger partial charge is 0.302 e. The van der Waals surface area contributed by atoms with Crippen LogP contribution in [-0.4, -0.2) is 28.7 Å². The maximum Gasteiger partial charge on any atom is 0.302 e. The van der Waals surface area contributed by atoms with Crippen LogP contribution >= 0.6 is 0 Å².